The van der Waals surface area contributed by atoms with Crippen molar-refractivity contribution < 1.29 is 22.7 Å². The number of sulfonamides is 1. The largest absolute Gasteiger partial charge is 0.633 e. The van der Waals surface area contributed by atoms with Crippen LogP contribution in [0.2, 0.25) is 0 Å². The number of hydroxylamine groups is 3. The lowest BCUT2D eigenvalue weighted by Crippen LogP contribution is -2.63. The van der Waals surface area contributed by atoms with Gasteiger partial charge in [-0.3, -0.25) is 13.9 Å². The summed E-state index contributed by atoms with van der Waals surface area (Å²) in [5.74, 6) is -0.972. The number of rotatable bonds is 6. The molecule has 1 unspecified atom stereocenters. The third kappa shape index (κ3) is 4.78. The summed E-state index contributed by atoms with van der Waals surface area (Å²) in [4.78, 5) is 25.6. The molecule has 2 N–H and O–H groups in total. The molecule has 1 aliphatic carbocycles. The molecule has 0 spiro atoms. The molecule has 4 rings (SSSR count). The number of nitrogens with one attached hydrogen (secondary N) is 2. The number of amides is 2. The van der Waals surface area contributed by atoms with E-state index in [1.807, 2.05) is 20.8 Å². The smallest absolute Gasteiger partial charge is 0.264 e. The second-order valence-corrected chi connectivity index (χ2v) is 12.0. The molecule has 3 atom stereocenters. The van der Waals surface area contributed by atoms with E-state index in [-0.39, 0.29) is 28.0 Å². The van der Waals surface area contributed by atoms with Crippen molar-refractivity contribution in [2.24, 2.45) is 5.41 Å². The molecule has 1 saturated heterocycles. The maximum Gasteiger partial charge on any atom is 0.264 e. The van der Waals surface area contributed by atoms with Crippen molar-refractivity contribution in [2.45, 2.75) is 69.5 Å². The monoisotopic (exact) mass is 476 g/mol. The summed E-state index contributed by atoms with van der Waals surface area (Å²) in [7, 11) is -4.02. The van der Waals surface area contributed by atoms with E-state index in [1.54, 1.807) is 12.1 Å². The number of aryl methyl sites for hydroxylation is 1. The fourth-order valence-corrected chi connectivity index (χ4v) is 6.39. The van der Waals surface area contributed by atoms with E-state index in [9.17, 15) is 23.2 Å². The maximum absolute atomic E-state index is 13.2. The molecule has 3 aliphatic rings. The minimum absolute atomic E-state index is 0.0518. The van der Waals surface area contributed by atoms with Crippen LogP contribution in [0.5, 0.6) is 0 Å². The zero-order valence-corrected chi connectivity index (χ0v) is 20.1. The molecule has 0 aromatic heterocycles. The van der Waals surface area contributed by atoms with Crippen LogP contribution in [-0.2, 0) is 19.6 Å². The highest BCUT2D eigenvalue weighted by molar-refractivity contribution is 7.89. The maximum atomic E-state index is 13.2. The van der Waals surface area contributed by atoms with Gasteiger partial charge in [-0.25, -0.2) is 8.42 Å². The van der Waals surface area contributed by atoms with E-state index in [2.05, 4.69) is 10.6 Å². The summed E-state index contributed by atoms with van der Waals surface area (Å²) in [5.41, 5.74) is 0.509. The van der Waals surface area contributed by atoms with Gasteiger partial charge in [-0.1, -0.05) is 31.5 Å². The summed E-state index contributed by atoms with van der Waals surface area (Å²) in [5, 5.41) is 18.6. The van der Waals surface area contributed by atoms with Crippen molar-refractivity contribution in [3.8, 4) is 0 Å². The number of hydrogen-bond acceptors (Lipinski definition) is 5. The molecule has 0 radical (unpaired) electrons. The Morgan fingerprint density at radius 2 is 1.91 bits per heavy atom. The first-order valence-electron chi connectivity index (χ1n) is 11.4. The van der Waals surface area contributed by atoms with Gasteiger partial charge in [-0.2, -0.15) is 0 Å². The Morgan fingerprint density at radius 3 is 2.52 bits per heavy atom. The molecule has 2 aliphatic heterocycles. The van der Waals surface area contributed by atoms with Crippen molar-refractivity contribution in [3.05, 3.63) is 47.4 Å². The predicted molar refractivity (Wildman–Crippen MR) is 123 cm³/mol. The molecule has 2 amide bonds. The fourth-order valence-electron chi connectivity index (χ4n) is 4.94. The molecule has 2 heterocycles. The molecule has 1 saturated carbocycles. The van der Waals surface area contributed by atoms with Crippen LogP contribution in [0.15, 0.2) is 41.6 Å². The zero-order valence-electron chi connectivity index (χ0n) is 19.3. The lowest BCUT2D eigenvalue weighted by atomic mass is 9.78. The van der Waals surface area contributed by atoms with Gasteiger partial charge in [0.2, 0.25) is 11.8 Å². The summed E-state index contributed by atoms with van der Waals surface area (Å²) < 4.78 is 27.1. The van der Waals surface area contributed by atoms with Crippen LogP contribution in [0.25, 0.3) is 0 Å². The molecule has 33 heavy (non-hydrogen) atoms. The van der Waals surface area contributed by atoms with Crippen LogP contribution in [0, 0.1) is 17.5 Å². The van der Waals surface area contributed by atoms with Gasteiger partial charge in [0.15, 0.2) is 0 Å². The molecule has 0 bridgehead atoms. The standard InChI is InChI=1S/C23H32N4O5S/c1-16-4-8-18(9-5-16)33(31,32)26-12-11-24-22(29)19(26)14-21(28)25-20-10-13-27(30,17-6-7-17)15-23(20,2)3/h4-5,8-9,11-12,17,19-20H,6-7,10,13-15H2,1-3H3,(H,24,29)(H,25,28)/t19-,20+,27?/m1/s1. The van der Waals surface area contributed by atoms with Crippen molar-refractivity contribution >= 4 is 21.8 Å². The van der Waals surface area contributed by atoms with E-state index in [1.165, 1.54) is 24.5 Å². The first-order chi connectivity index (χ1) is 15.4. The first-order valence-corrected chi connectivity index (χ1v) is 12.8. The van der Waals surface area contributed by atoms with Gasteiger partial charge in [0.05, 0.1) is 30.4 Å². The number of hydrogen-bond donors (Lipinski definition) is 2. The van der Waals surface area contributed by atoms with Crippen LogP contribution >= 0.6 is 0 Å². The van der Waals surface area contributed by atoms with Gasteiger partial charge in [0.1, 0.15) is 6.04 Å². The van der Waals surface area contributed by atoms with Gasteiger partial charge in [-0.05, 0) is 19.1 Å². The Kier molecular flexibility index (Phi) is 6.05. The van der Waals surface area contributed by atoms with E-state index >= 15 is 0 Å². The average Bonchev–Trinajstić information content (AvgIpc) is 3.58. The van der Waals surface area contributed by atoms with Gasteiger partial charge in [0.25, 0.3) is 10.0 Å². The molecular weight excluding hydrogens is 444 g/mol. The van der Waals surface area contributed by atoms with Crippen LogP contribution in [-0.4, -0.2) is 60.4 Å². The highest BCUT2D eigenvalue weighted by Crippen LogP contribution is 2.41. The van der Waals surface area contributed by atoms with E-state index in [4.69, 9.17) is 0 Å². The third-order valence-corrected chi connectivity index (χ3v) is 8.79. The van der Waals surface area contributed by atoms with Crippen LogP contribution in [0.3, 0.4) is 0 Å². The van der Waals surface area contributed by atoms with Gasteiger partial charge in [0, 0.05) is 43.1 Å². The third-order valence-electron chi connectivity index (χ3n) is 6.99. The number of quaternary nitrogens is 1. The average molecular weight is 477 g/mol. The van der Waals surface area contributed by atoms with Crippen molar-refractivity contribution in [3.63, 3.8) is 0 Å². The molecule has 1 aromatic rings. The summed E-state index contributed by atoms with van der Waals surface area (Å²) in [6, 6.07) is 5.11. The molecule has 1 aromatic carbocycles. The minimum atomic E-state index is -4.02. The molecule has 10 heteroatoms. The number of likely N-dealkylation sites (tertiary alicyclic amines) is 1. The number of carbonyl (C=O) groups is 2. The minimum Gasteiger partial charge on any atom is -0.633 e. The SMILES string of the molecule is Cc1ccc(S(=O)(=O)N2C=CNC(=O)[C@H]2CC(=O)N[C@H]2CC[N+]([O-])(C3CC3)CC2(C)C)cc1. The number of piperidine rings is 1. The highest BCUT2D eigenvalue weighted by Gasteiger charge is 2.49. The molecule has 2 fully saturated rings. The Labute approximate surface area is 195 Å². The van der Waals surface area contributed by atoms with Gasteiger partial charge < -0.3 is 20.5 Å². The Balaban J connectivity index is 1.47. The normalized spacial score (nSPS) is 29.5. The predicted octanol–water partition coefficient (Wildman–Crippen LogP) is 1.74. The molecule has 9 nitrogen and oxygen atoms in total. The van der Waals surface area contributed by atoms with Crippen LogP contribution < -0.4 is 10.6 Å². The summed E-state index contributed by atoms with van der Waals surface area (Å²) in [6.07, 6.45) is 4.71. The Hall–Kier alpha value is -2.43. The van der Waals surface area contributed by atoms with Gasteiger partial charge in [-0.15, -0.1) is 0 Å². The van der Waals surface area contributed by atoms with E-state index in [0.717, 1.165) is 22.7 Å². The molecule has 180 valence electrons. The van der Waals surface area contributed by atoms with Crippen molar-refractivity contribution in [1.29, 1.82) is 0 Å². The Morgan fingerprint density at radius 1 is 1.24 bits per heavy atom. The Bertz CT molecular complexity index is 1060. The topological polar surface area (TPSA) is 119 Å². The number of benzene rings is 1. The fraction of sp³-hybridized carbons (Fsp3) is 0.565. The number of carbonyl (C=O) groups excluding carboxylic acids is 2. The number of nitrogens with zero attached hydrogens (tertiary/aromatic N) is 2. The van der Waals surface area contributed by atoms with Crippen molar-refractivity contribution in [1.82, 2.24) is 14.9 Å². The first kappa shape index (κ1) is 23.7. The van der Waals surface area contributed by atoms with E-state index < -0.39 is 33.3 Å². The quantitative estimate of drug-likeness (QED) is 0.479. The van der Waals surface area contributed by atoms with Gasteiger partial charge >= 0.3 is 0 Å². The summed E-state index contributed by atoms with van der Waals surface area (Å²) in [6.45, 7) is 6.71. The second-order valence-electron chi connectivity index (χ2n) is 10.2. The second kappa shape index (κ2) is 8.41. The van der Waals surface area contributed by atoms with E-state index in [0.29, 0.717) is 19.5 Å². The zero-order chi connectivity index (χ0) is 24.0. The van der Waals surface area contributed by atoms with Crippen molar-refractivity contribution in [2.75, 3.05) is 13.1 Å². The summed E-state index contributed by atoms with van der Waals surface area (Å²) >= 11 is 0. The van der Waals surface area contributed by atoms with Crippen LogP contribution in [0.4, 0.5) is 0 Å². The van der Waals surface area contributed by atoms with Crippen LogP contribution in [0.1, 0.15) is 45.1 Å². The lowest BCUT2D eigenvalue weighted by molar-refractivity contribution is -0.903. The molecular formula is C23H32N4O5S. The highest BCUT2D eigenvalue weighted by atomic mass is 32.2. The lowest BCUT2D eigenvalue weighted by Gasteiger charge is -2.54.